The van der Waals surface area contributed by atoms with Gasteiger partial charge in [0.1, 0.15) is 11.2 Å². The lowest BCUT2D eigenvalue weighted by atomic mass is 9.99. The molecule has 3 aromatic heterocycles. The van der Waals surface area contributed by atoms with Gasteiger partial charge < -0.3 is 8.98 Å². The standard InChI is InChI=1S/C37H22N2O/c1-2-10-25(11-3-1)39-33-16-7-6-13-27(33)31-22-38-32(21-34(31)39)30-15-8-14-28-29-20-19-24-18-17-23-9-4-5-12-26(23)35(24)37(29)40-36(28)30/h1-22H. The van der Waals surface area contributed by atoms with Crippen molar-refractivity contribution in [1.82, 2.24) is 9.55 Å². The SMILES string of the molecule is c1ccc(-n2c3ccccc3c3cnc(-c4cccc5c4oc4c5ccc5ccc6ccccc6c54)cc32)cc1. The average Bonchev–Trinajstić information content (AvgIpc) is 3.57. The van der Waals surface area contributed by atoms with Crippen molar-refractivity contribution in [2.24, 2.45) is 0 Å². The highest BCUT2D eigenvalue weighted by molar-refractivity contribution is 6.24. The Morgan fingerprint density at radius 1 is 0.500 bits per heavy atom. The molecular formula is C37H22N2O. The molecule has 0 amide bonds. The molecule has 3 heterocycles. The second-order valence-corrected chi connectivity index (χ2v) is 10.4. The summed E-state index contributed by atoms with van der Waals surface area (Å²) in [6, 6.07) is 44.9. The minimum absolute atomic E-state index is 0.868. The van der Waals surface area contributed by atoms with Gasteiger partial charge in [-0.1, -0.05) is 91.0 Å². The van der Waals surface area contributed by atoms with Gasteiger partial charge in [0.15, 0.2) is 0 Å². The largest absolute Gasteiger partial charge is 0.455 e. The predicted octanol–water partition coefficient (Wildman–Crippen LogP) is 10.1. The van der Waals surface area contributed by atoms with Crippen LogP contribution in [0.2, 0.25) is 0 Å². The van der Waals surface area contributed by atoms with E-state index in [-0.39, 0.29) is 0 Å². The Kier molecular flexibility index (Phi) is 4.33. The lowest BCUT2D eigenvalue weighted by molar-refractivity contribution is 0.674. The molecule has 3 nitrogen and oxygen atoms in total. The van der Waals surface area contributed by atoms with Crippen molar-refractivity contribution < 1.29 is 4.42 Å². The average molecular weight is 511 g/mol. The molecule has 0 atom stereocenters. The number of furan rings is 1. The first-order chi connectivity index (χ1) is 19.8. The maximum atomic E-state index is 6.80. The Hall–Kier alpha value is -5.41. The molecule has 186 valence electrons. The maximum Gasteiger partial charge on any atom is 0.144 e. The summed E-state index contributed by atoms with van der Waals surface area (Å²) < 4.78 is 9.13. The highest BCUT2D eigenvalue weighted by atomic mass is 16.3. The highest BCUT2D eigenvalue weighted by Gasteiger charge is 2.18. The molecular weight excluding hydrogens is 488 g/mol. The second-order valence-electron chi connectivity index (χ2n) is 10.4. The number of nitrogens with zero attached hydrogens (tertiary/aromatic N) is 2. The maximum absolute atomic E-state index is 6.80. The van der Waals surface area contributed by atoms with E-state index in [1.54, 1.807) is 0 Å². The lowest BCUT2D eigenvalue weighted by Crippen LogP contribution is -1.94. The third-order valence-electron chi connectivity index (χ3n) is 8.22. The summed E-state index contributed by atoms with van der Waals surface area (Å²) in [7, 11) is 0. The summed E-state index contributed by atoms with van der Waals surface area (Å²) >= 11 is 0. The third kappa shape index (κ3) is 2.92. The molecule has 40 heavy (non-hydrogen) atoms. The van der Waals surface area contributed by atoms with Gasteiger partial charge in [0.2, 0.25) is 0 Å². The first-order valence-corrected chi connectivity index (χ1v) is 13.6. The van der Waals surface area contributed by atoms with Gasteiger partial charge in [0, 0.05) is 44.4 Å². The fourth-order valence-corrected chi connectivity index (χ4v) is 6.41. The molecule has 0 bridgehead atoms. The van der Waals surface area contributed by atoms with Crippen LogP contribution in [0.15, 0.2) is 138 Å². The number of hydrogen-bond donors (Lipinski definition) is 0. The first-order valence-electron chi connectivity index (χ1n) is 13.6. The molecule has 0 aliphatic carbocycles. The normalized spacial score (nSPS) is 12.0. The molecule has 0 aliphatic rings. The molecule has 0 aliphatic heterocycles. The van der Waals surface area contributed by atoms with E-state index in [0.29, 0.717) is 0 Å². The predicted molar refractivity (Wildman–Crippen MR) is 166 cm³/mol. The second kappa shape index (κ2) is 8.05. The molecule has 0 N–H and O–H groups in total. The van der Waals surface area contributed by atoms with Gasteiger partial charge in [-0.2, -0.15) is 0 Å². The van der Waals surface area contributed by atoms with Crippen LogP contribution in [0, 0.1) is 0 Å². The monoisotopic (exact) mass is 510 g/mol. The zero-order valence-electron chi connectivity index (χ0n) is 21.5. The summed E-state index contributed by atoms with van der Waals surface area (Å²) in [5, 5.41) is 9.32. The van der Waals surface area contributed by atoms with E-state index in [2.05, 4.69) is 132 Å². The van der Waals surface area contributed by atoms with Crippen molar-refractivity contribution in [3.63, 3.8) is 0 Å². The van der Waals surface area contributed by atoms with Crippen LogP contribution < -0.4 is 0 Å². The molecule has 0 saturated carbocycles. The molecule has 0 radical (unpaired) electrons. The highest BCUT2D eigenvalue weighted by Crippen LogP contribution is 2.41. The van der Waals surface area contributed by atoms with Crippen LogP contribution >= 0.6 is 0 Å². The molecule has 0 unspecified atom stereocenters. The number of fused-ring (bicyclic) bond motifs is 10. The molecule has 0 saturated heterocycles. The van der Waals surface area contributed by atoms with E-state index in [4.69, 9.17) is 9.40 Å². The van der Waals surface area contributed by atoms with Crippen LogP contribution in [0.4, 0.5) is 0 Å². The smallest absolute Gasteiger partial charge is 0.144 e. The summed E-state index contributed by atoms with van der Waals surface area (Å²) in [5.74, 6) is 0. The molecule has 0 spiro atoms. The topological polar surface area (TPSA) is 31.0 Å². The van der Waals surface area contributed by atoms with Crippen molar-refractivity contribution in [2.45, 2.75) is 0 Å². The van der Waals surface area contributed by atoms with Gasteiger partial charge in [0.05, 0.1) is 16.7 Å². The number of rotatable bonds is 2. The lowest BCUT2D eigenvalue weighted by Gasteiger charge is -2.08. The van der Waals surface area contributed by atoms with Crippen LogP contribution in [-0.2, 0) is 0 Å². The zero-order chi connectivity index (χ0) is 26.2. The first kappa shape index (κ1) is 21.5. The van der Waals surface area contributed by atoms with Crippen molar-refractivity contribution >= 4 is 65.3 Å². The van der Waals surface area contributed by atoms with Crippen LogP contribution in [0.1, 0.15) is 0 Å². The number of para-hydroxylation sites is 3. The van der Waals surface area contributed by atoms with Crippen molar-refractivity contribution in [3.05, 3.63) is 134 Å². The Morgan fingerprint density at radius 3 is 2.15 bits per heavy atom. The van der Waals surface area contributed by atoms with Crippen LogP contribution in [0.3, 0.4) is 0 Å². The Labute approximate surface area is 229 Å². The quantitative estimate of drug-likeness (QED) is 0.217. The molecule has 3 heteroatoms. The summed E-state index contributed by atoms with van der Waals surface area (Å²) in [5.41, 5.74) is 7.11. The van der Waals surface area contributed by atoms with Gasteiger partial charge in [-0.15, -0.1) is 0 Å². The molecule has 9 aromatic rings. The van der Waals surface area contributed by atoms with E-state index in [1.165, 1.54) is 27.1 Å². The van der Waals surface area contributed by atoms with E-state index < -0.39 is 0 Å². The fourth-order valence-electron chi connectivity index (χ4n) is 6.41. The van der Waals surface area contributed by atoms with Gasteiger partial charge in [-0.05, 0) is 52.6 Å². The van der Waals surface area contributed by atoms with E-state index in [1.807, 2.05) is 6.20 Å². The Bertz CT molecular complexity index is 2430. The van der Waals surface area contributed by atoms with Gasteiger partial charge in [0.25, 0.3) is 0 Å². The molecule has 9 rings (SSSR count). The molecule has 6 aromatic carbocycles. The minimum atomic E-state index is 0.868. The number of pyridine rings is 1. The summed E-state index contributed by atoms with van der Waals surface area (Å²) in [6.07, 6.45) is 2.01. The van der Waals surface area contributed by atoms with Gasteiger partial charge in [-0.25, -0.2) is 0 Å². The minimum Gasteiger partial charge on any atom is -0.455 e. The van der Waals surface area contributed by atoms with Gasteiger partial charge in [-0.3, -0.25) is 4.98 Å². The van der Waals surface area contributed by atoms with E-state index >= 15 is 0 Å². The third-order valence-corrected chi connectivity index (χ3v) is 8.22. The van der Waals surface area contributed by atoms with Crippen LogP contribution in [0.25, 0.3) is 82.2 Å². The van der Waals surface area contributed by atoms with Crippen molar-refractivity contribution in [3.8, 4) is 16.9 Å². The van der Waals surface area contributed by atoms with E-state index in [0.717, 1.165) is 55.2 Å². The number of benzene rings is 6. The zero-order valence-corrected chi connectivity index (χ0v) is 21.5. The summed E-state index contributed by atoms with van der Waals surface area (Å²) in [6.45, 7) is 0. The van der Waals surface area contributed by atoms with E-state index in [9.17, 15) is 0 Å². The Balaban J connectivity index is 1.36. The fraction of sp³-hybridized carbons (Fsp3) is 0. The number of aromatic nitrogens is 2. The van der Waals surface area contributed by atoms with Crippen molar-refractivity contribution in [2.75, 3.05) is 0 Å². The van der Waals surface area contributed by atoms with Crippen LogP contribution in [0.5, 0.6) is 0 Å². The Morgan fingerprint density at radius 2 is 1.23 bits per heavy atom. The molecule has 0 fully saturated rings. The van der Waals surface area contributed by atoms with Crippen LogP contribution in [-0.4, -0.2) is 9.55 Å². The van der Waals surface area contributed by atoms with Crippen molar-refractivity contribution in [1.29, 1.82) is 0 Å². The van der Waals surface area contributed by atoms with Gasteiger partial charge >= 0.3 is 0 Å². The number of hydrogen-bond acceptors (Lipinski definition) is 2. The summed E-state index contributed by atoms with van der Waals surface area (Å²) in [4.78, 5) is 4.99.